The molecule has 2 aromatic carbocycles. The molecular weight excluding hydrogens is 384 g/mol. The lowest BCUT2D eigenvalue weighted by Gasteiger charge is -2.09. The summed E-state index contributed by atoms with van der Waals surface area (Å²) in [6.07, 6.45) is 0.581. The number of carbonyl (C=O) groups is 3. The number of hydrogen-bond acceptors (Lipinski definition) is 5. The monoisotopic (exact) mass is 404 g/mol. The topological polar surface area (TPSA) is 93.7 Å². The Morgan fingerprint density at radius 1 is 1.04 bits per heavy atom. The van der Waals surface area contributed by atoms with Crippen LogP contribution in [-0.2, 0) is 14.3 Å². The first-order valence-corrected chi connectivity index (χ1v) is 9.01. The number of nitrogens with one attached hydrogen (secondary N) is 2. The molecule has 0 aliphatic rings. The molecule has 0 spiro atoms. The molecule has 7 nitrogen and oxygen atoms in total. The Morgan fingerprint density at radius 3 is 2.50 bits per heavy atom. The lowest BCUT2D eigenvalue weighted by Crippen LogP contribution is -2.43. The van der Waals surface area contributed by atoms with Crippen LogP contribution in [0, 0.1) is 6.92 Å². The van der Waals surface area contributed by atoms with Gasteiger partial charge in [-0.15, -0.1) is 0 Å². The first-order valence-electron chi connectivity index (χ1n) is 8.64. The minimum Gasteiger partial charge on any atom is -0.494 e. The fraction of sp³-hybridized carbons (Fsp3) is 0.250. The van der Waals surface area contributed by atoms with Gasteiger partial charge in [0.05, 0.1) is 6.61 Å². The van der Waals surface area contributed by atoms with Crippen molar-refractivity contribution >= 4 is 29.4 Å². The molecule has 0 fully saturated rings. The van der Waals surface area contributed by atoms with Gasteiger partial charge in [0.1, 0.15) is 5.75 Å². The van der Waals surface area contributed by atoms with E-state index in [1.165, 1.54) is 12.1 Å². The number of benzene rings is 2. The van der Waals surface area contributed by atoms with Crippen molar-refractivity contribution in [1.29, 1.82) is 0 Å². The van der Waals surface area contributed by atoms with Crippen molar-refractivity contribution in [3.63, 3.8) is 0 Å². The van der Waals surface area contributed by atoms with Crippen LogP contribution in [0.2, 0.25) is 5.02 Å². The molecule has 0 bridgehead atoms. The summed E-state index contributed by atoms with van der Waals surface area (Å²) in [5.41, 5.74) is 5.81. The van der Waals surface area contributed by atoms with Gasteiger partial charge < -0.3 is 9.47 Å². The summed E-state index contributed by atoms with van der Waals surface area (Å²) in [5, 5.41) is 0.497. The number of amides is 2. The van der Waals surface area contributed by atoms with Gasteiger partial charge in [-0.2, -0.15) is 0 Å². The summed E-state index contributed by atoms with van der Waals surface area (Å²) in [6.45, 7) is 1.84. The Morgan fingerprint density at radius 2 is 1.79 bits per heavy atom. The Kier molecular flexibility index (Phi) is 8.30. The zero-order chi connectivity index (χ0) is 20.4. The molecule has 0 aliphatic heterocycles. The quantitative estimate of drug-likeness (QED) is 0.401. The third-order valence-electron chi connectivity index (χ3n) is 3.57. The molecule has 0 radical (unpaired) electrons. The maximum Gasteiger partial charge on any atom is 0.306 e. The highest BCUT2D eigenvalue weighted by Crippen LogP contribution is 2.12. The molecule has 2 rings (SSSR count). The van der Waals surface area contributed by atoms with Crippen molar-refractivity contribution in [1.82, 2.24) is 10.9 Å². The second-order valence-corrected chi connectivity index (χ2v) is 6.37. The first kappa shape index (κ1) is 21.2. The first-order chi connectivity index (χ1) is 13.4. The molecule has 0 heterocycles. The molecule has 0 aromatic heterocycles. The van der Waals surface area contributed by atoms with E-state index in [9.17, 15) is 14.4 Å². The predicted octanol–water partition coefficient (Wildman–Crippen LogP) is 2.81. The fourth-order valence-corrected chi connectivity index (χ4v) is 2.29. The van der Waals surface area contributed by atoms with Gasteiger partial charge in [0.25, 0.3) is 11.8 Å². The molecule has 2 N–H and O–H groups in total. The largest absolute Gasteiger partial charge is 0.494 e. The predicted molar refractivity (Wildman–Crippen MR) is 104 cm³/mol. The van der Waals surface area contributed by atoms with E-state index in [1.54, 1.807) is 12.1 Å². The van der Waals surface area contributed by atoms with Crippen LogP contribution in [0.3, 0.4) is 0 Å². The van der Waals surface area contributed by atoms with Crippen molar-refractivity contribution in [2.75, 3.05) is 13.2 Å². The Bertz CT molecular complexity index is 824. The highest BCUT2D eigenvalue weighted by molar-refractivity contribution is 6.30. The van der Waals surface area contributed by atoms with Gasteiger partial charge in [0, 0.05) is 17.0 Å². The molecule has 0 saturated heterocycles. The number of rotatable bonds is 8. The van der Waals surface area contributed by atoms with Gasteiger partial charge in [0.2, 0.25) is 0 Å². The lowest BCUT2D eigenvalue weighted by molar-refractivity contribution is -0.148. The molecule has 0 atom stereocenters. The maximum absolute atomic E-state index is 11.8. The van der Waals surface area contributed by atoms with E-state index in [4.69, 9.17) is 21.1 Å². The Balaban J connectivity index is 1.58. The smallest absolute Gasteiger partial charge is 0.306 e. The molecular formula is C20H21ClN2O5. The number of ether oxygens (including phenoxy) is 2. The van der Waals surface area contributed by atoms with Crippen molar-refractivity contribution in [3.8, 4) is 5.75 Å². The molecule has 2 aromatic rings. The maximum atomic E-state index is 11.8. The Labute approximate surface area is 167 Å². The molecule has 28 heavy (non-hydrogen) atoms. The van der Waals surface area contributed by atoms with Crippen LogP contribution >= 0.6 is 11.6 Å². The fourth-order valence-electron chi connectivity index (χ4n) is 2.17. The number of aryl methyl sites for hydroxylation is 1. The van der Waals surface area contributed by atoms with Gasteiger partial charge in [-0.25, -0.2) is 0 Å². The van der Waals surface area contributed by atoms with Crippen LogP contribution < -0.4 is 15.6 Å². The van der Waals surface area contributed by atoms with Gasteiger partial charge in [-0.05, 0) is 55.3 Å². The molecule has 0 unspecified atom stereocenters. The van der Waals surface area contributed by atoms with Crippen LogP contribution in [0.15, 0.2) is 48.5 Å². The lowest BCUT2D eigenvalue weighted by atomic mass is 10.2. The summed E-state index contributed by atoms with van der Waals surface area (Å²) in [6, 6.07) is 13.8. The van der Waals surface area contributed by atoms with Gasteiger partial charge in [-0.3, -0.25) is 25.2 Å². The average Bonchev–Trinajstić information content (AvgIpc) is 2.68. The third kappa shape index (κ3) is 7.67. The van der Waals surface area contributed by atoms with Crippen LogP contribution in [0.25, 0.3) is 0 Å². The van der Waals surface area contributed by atoms with Crippen molar-refractivity contribution < 1.29 is 23.9 Å². The van der Waals surface area contributed by atoms with Crippen LogP contribution in [-0.4, -0.2) is 31.0 Å². The van der Waals surface area contributed by atoms with E-state index in [0.29, 0.717) is 23.6 Å². The minimum absolute atomic E-state index is 0.121. The summed E-state index contributed by atoms with van der Waals surface area (Å²) >= 11 is 5.74. The summed E-state index contributed by atoms with van der Waals surface area (Å²) in [4.78, 5) is 35.1. The number of hydrogen-bond donors (Lipinski definition) is 2. The van der Waals surface area contributed by atoms with Gasteiger partial charge >= 0.3 is 5.97 Å². The van der Waals surface area contributed by atoms with E-state index in [2.05, 4.69) is 10.9 Å². The Hall–Kier alpha value is -3.06. The number of halogens is 1. The average molecular weight is 405 g/mol. The van der Waals surface area contributed by atoms with Crippen LogP contribution in [0.5, 0.6) is 5.75 Å². The zero-order valence-electron chi connectivity index (χ0n) is 15.4. The van der Waals surface area contributed by atoms with Crippen molar-refractivity contribution in [2.45, 2.75) is 19.8 Å². The van der Waals surface area contributed by atoms with E-state index in [1.807, 2.05) is 31.2 Å². The number of esters is 1. The summed E-state index contributed by atoms with van der Waals surface area (Å²) in [5.74, 6) is -0.937. The zero-order valence-corrected chi connectivity index (χ0v) is 16.1. The van der Waals surface area contributed by atoms with Gasteiger partial charge in [-0.1, -0.05) is 23.7 Å². The highest BCUT2D eigenvalue weighted by atomic mass is 35.5. The summed E-state index contributed by atoms with van der Waals surface area (Å²) < 4.78 is 10.4. The number of carbonyl (C=O) groups excluding carboxylic acids is 3. The normalized spacial score (nSPS) is 10.1. The van der Waals surface area contributed by atoms with E-state index in [0.717, 1.165) is 11.3 Å². The van der Waals surface area contributed by atoms with Crippen molar-refractivity contribution in [2.24, 2.45) is 0 Å². The highest BCUT2D eigenvalue weighted by Gasteiger charge is 2.10. The van der Waals surface area contributed by atoms with Crippen LogP contribution in [0.4, 0.5) is 0 Å². The molecule has 0 aliphatic carbocycles. The minimum atomic E-state index is -0.647. The van der Waals surface area contributed by atoms with Crippen molar-refractivity contribution in [3.05, 3.63) is 64.7 Å². The van der Waals surface area contributed by atoms with Crippen LogP contribution in [0.1, 0.15) is 28.8 Å². The third-order valence-corrected chi connectivity index (χ3v) is 3.82. The SMILES string of the molecule is Cc1cccc(OCCCC(=O)OCC(=O)NNC(=O)c2ccc(Cl)cc2)c1. The molecule has 148 valence electrons. The van der Waals surface area contributed by atoms with E-state index < -0.39 is 24.4 Å². The standard InChI is InChI=1S/C20H21ClN2O5/c1-14-4-2-5-17(12-14)27-11-3-6-19(25)28-13-18(24)22-23-20(26)15-7-9-16(21)10-8-15/h2,4-5,7-10,12H,3,6,11,13H2,1H3,(H,22,24)(H,23,26). The second-order valence-electron chi connectivity index (χ2n) is 5.94. The second kappa shape index (κ2) is 10.9. The molecule has 8 heteroatoms. The van der Waals surface area contributed by atoms with E-state index in [-0.39, 0.29) is 6.42 Å². The van der Waals surface area contributed by atoms with Gasteiger partial charge in [0.15, 0.2) is 6.61 Å². The molecule has 2 amide bonds. The summed E-state index contributed by atoms with van der Waals surface area (Å²) in [7, 11) is 0. The number of hydrazine groups is 1. The van der Waals surface area contributed by atoms with E-state index >= 15 is 0 Å². The molecule has 0 saturated carbocycles.